The van der Waals surface area contributed by atoms with Gasteiger partial charge in [-0.1, -0.05) is 30.3 Å². The molecule has 1 atom stereocenters. The van der Waals surface area contributed by atoms with E-state index in [0.29, 0.717) is 31.9 Å². The van der Waals surface area contributed by atoms with Crippen molar-refractivity contribution < 1.29 is 19.2 Å². The maximum absolute atomic E-state index is 13.1. The molecule has 3 aromatic carbocycles. The molecule has 9 heteroatoms. The fourth-order valence-corrected chi connectivity index (χ4v) is 4.91. The highest BCUT2D eigenvalue weighted by Crippen LogP contribution is 2.38. The normalized spacial score (nSPS) is 18.0. The number of nitro groups is 1. The Morgan fingerprint density at radius 3 is 2.14 bits per heavy atom. The van der Waals surface area contributed by atoms with Crippen LogP contribution in [0.15, 0.2) is 72.8 Å². The molecule has 0 aliphatic carbocycles. The number of hydrogen-bond acceptors (Lipinski definition) is 7. The average Bonchev–Trinajstić information content (AvgIpc) is 3.22. The van der Waals surface area contributed by atoms with Crippen LogP contribution >= 0.6 is 0 Å². The van der Waals surface area contributed by atoms with Crippen LogP contribution in [0.3, 0.4) is 0 Å². The number of hydrogen-bond donors (Lipinski definition) is 0. The molecule has 2 aliphatic heterocycles. The number of rotatable bonds is 6. The lowest BCUT2D eigenvalue weighted by Crippen LogP contribution is -2.46. The molecule has 184 valence electrons. The fourth-order valence-electron chi connectivity index (χ4n) is 4.91. The Hall–Kier alpha value is -4.40. The van der Waals surface area contributed by atoms with Crippen molar-refractivity contribution in [2.75, 3.05) is 48.0 Å². The van der Waals surface area contributed by atoms with E-state index in [-0.39, 0.29) is 29.6 Å². The van der Waals surface area contributed by atoms with Crippen LogP contribution in [-0.2, 0) is 9.59 Å². The largest absolute Gasteiger partial charge is 0.497 e. The van der Waals surface area contributed by atoms with Crippen molar-refractivity contribution >= 4 is 34.6 Å². The summed E-state index contributed by atoms with van der Waals surface area (Å²) >= 11 is 0. The second-order valence-corrected chi connectivity index (χ2v) is 8.84. The molecule has 0 spiro atoms. The van der Waals surface area contributed by atoms with Gasteiger partial charge in [0.2, 0.25) is 11.8 Å². The van der Waals surface area contributed by atoms with E-state index in [2.05, 4.69) is 4.90 Å². The van der Waals surface area contributed by atoms with Crippen LogP contribution in [0.4, 0.5) is 22.7 Å². The molecule has 2 heterocycles. The van der Waals surface area contributed by atoms with Crippen molar-refractivity contribution in [2.45, 2.75) is 12.3 Å². The SMILES string of the molecule is COc1ccc(N2CCN(c3ccc(N4C(=O)C[C@H](c5ccccc5)C4=O)cc3[N+](=O)[O-])CC2)cc1. The quantitative estimate of drug-likeness (QED) is 0.295. The number of anilines is 3. The highest BCUT2D eigenvalue weighted by molar-refractivity contribution is 6.22. The first kappa shape index (κ1) is 23.3. The summed E-state index contributed by atoms with van der Waals surface area (Å²) in [5.74, 6) is -0.507. The van der Waals surface area contributed by atoms with E-state index in [1.54, 1.807) is 19.2 Å². The molecule has 3 aromatic rings. The molecular weight excluding hydrogens is 460 g/mol. The molecule has 0 unspecified atom stereocenters. The Kier molecular flexibility index (Phi) is 6.28. The van der Waals surface area contributed by atoms with Crippen LogP contribution in [0, 0.1) is 10.1 Å². The van der Waals surface area contributed by atoms with Crippen LogP contribution in [0.2, 0.25) is 0 Å². The average molecular weight is 487 g/mol. The first-order chi connectivity index (χ1) is 17.5. The van der Waals surface area contributed by atoms with Gasteiger partial charge in [-0.3, -0.25) is 19.7 Å². The van der Waals surface area contributed by atoms with Crippen molar-refractivity contribution in [3.8, 4) is 5.75 Å². The first-order valence-corrected chi connectivity index (χ1v) is 11.8. The second-order valence-electron chi connectivity index (χ2n) is 8.84. The van der Waals surface area contributed by atoms with Crippen molar-refractivity contribution in [2.24, 2.45) is 0 Å². The third-order valence-corrected chi connectivity index (χ3v) is 6.82. The number of carbonyl (C=O) groups is 2. The lowest BCUT2D eigenvalue weighted by Gasteiger charge is -2.37. The second kappa shape index (κ2) is 9.69. The zero-order valence-electron chi connectivity index (χ0n) is 19.9. The Morgan fingerprint density at radius 2 is 1.50 bits per heavy atom. The van der Waals surface area contributed by atoms with E-state index in [0.717, 1.165) is 21.9 Å². The third kappa shape index (κ3) is 4.35. The third-order valence-electron chi connectivity index (χ3n) is 6.82. The van der Waals surface area contributed by atoms with Crippen LogP contribution in [-0.4, -0.2) is 50.0 Å². The van der Waals surface area contributed by atoms with Crippen LogP contribution in [0.25, 0.3) is 0 Å². The molecule has 2 aliphatic rings. The number of ether oxygens (including phenoxy) is 1. The minimum Gasteiger partial charge on any atom is -0.497 e. The summed E-state index contributed by atoms with van der Waals surface area (Å²) in [5, 5.41) is 12.0. The van der Waals surface area contributed by atoms with Gasteiger partial charge in [0, 0.05) is 44.4 Å². The summed E-state index contributed by atoms with van der Waals surface area (Å²) in [5.41, 5.74) is 2.43. The monoisotopic (exact) mass is 486 g/mol. The van der Waals surface area contributed by atoms with Crippen LogP contribution in [0.1, 0.15) is 17.9 Å². The van der Waals surface area contributed by atoms with Gasteiger partial charge >= 0.3 is 0 Å². The summed E-state index contributed by atoms with van der Waals surface area (Å²) in [6.45, 7) is 2.61. The maximum atomic E-state index is 13.1. The lowest BCUT2D eigenvalue weighted by molar-refractivity contribution is -0.384. The number of nitrogens with zero attached hydrogens (tertiary/aromatic N) is 4. The van der Waals surface area contributed by atoms with Gasteiger partial charge in [-0.2, -0.15) is 0 Å². The zero-order valence-corrected chi connectivity index (χ0v) is 19.9. The Bertz CT molecular complexity index is 1290. The van der Waals surface area contributed by atoms with Gasteiger partial charge in [0.25, 0.3) is 5.69 Å². The van der Waals surface area contributed by atoms with Crippen molar-refractivity contribution in [1.82, 2.24) is 0 Å². The van der Waals surface area contributed by atoms with E-state index in [1.807, 2.05) is 59.5 Å². The van der Waals surface area contributed by atoms with E-state index >= 15 is 0 Å². The summed E-state index contributed by atoms with van der Waals surface area (Å²) in [6, 6.07) is 21.6. The van der Waals surface area contributed by atoms with E-state index in [9.17, 15) is 19.7 Å². The highest BCUT2D eigenvalue weighted by Gasteiger charge is 2.41. The first-order valence-electron chi connectivity index (χ1n) is 11.8. The van der Waals surface area contributed by atoms with Crippen molar-refractivity contribution in [3.05, 3.63) is 88.5 Å². The van der Waals surface area contributed by atoms with Gasteiger partial charge in [0.1, 0.15) is 11.4 Å². The van der Waals surface area contributed by atoms with Crippen molar-refractivity contribution in [3.63, 3.8) is 0 Å². The number of imide groups is 1. The van der Waals surface area contributed by atoms with E-state index < -0.39 is 10.8 Å². The molecule has 0 radical (unpaired) electrons. The molecule has 0 saturated carbocycles. The number of methoxy groups -OCH3 is 1. The summed E-state index contributed by atoms with van der Waals surface area (Å²) in [4.78, 5) is 42.7. The number of nitro benzene ring substituents is 1. The smallest absolute Gasteiger partial charge is 0.294 e. The number of piperazine rings is 1. The topological polar surface area (TPSA) is 96.2 Å². The molecule has 0 N–H and O–H groups in total. The fraction of sp³-hybridized carbons (Fsp3) is 0.259. The minimum atomic E-state index is -0.580. The number of benzene rings is 3. The van der Waals surface area contributed by atoms with E-state index in [4.69, 9.17) is 4.74 Å². The minimum absolute atomic E-state index is 0.0473. The summed E-state index contributed by atoms with van der Waals surface area (Å²) in [7, 11) is 1.63. The van der Waals surface area contributed by atoms with Gasteiger partial charge in [0.05, 0.1) is 23.6 Å². The predicted octanol–water partition coefficient (Wildman–Crippen LogP) is 3.98. The van der Waals surface area contributed by atoms with E-state index in [1.165, 1.54) is 6.07 Å². The van der Waals surface area contributed by atoms with Crippen molar-refractivity contribution in [1.29, 1.82) is 0 Å². The van der Waals surface area contributed by atoms with Gasteiger partial charge in [-0.05, 0) is 42.0 Å². The van der Waals surface area contributed by atoms with Gasteiger partial charge in [-0.25, -0.2) is 4.90 Å². The molecule has 0 bridgehead atoms. The highest BCUT2D eigenvalue weighted by atomic mass is 16.6. The van der Waals surface area contributed by atoms with Crippen LogP contribution < -0.4 is 19.4 Å². The Balaban J connectivity index is 1.34. The molecule has 2 saturated heterocycles. The molecular formula is C27H26N4O5. The molecule has 0 aromatic heterocycles. The standard InChI is InChI=1S/C27H26N4O5/c1-36-22-10-7-20(8-11-22)28-13-15-29(16-14-28)24-12-9-21(17-25(24)31(34)35)30-26(32)18-23(27(30)33)19-5-3-2-4-6-19/h2-12,17,23H,13-16,18H2,1H3/t23-/m1/s1. The summed E-state index contributed by atoms with van der Waals surface area (Å²) < 4.78 is 5.22. The lowest BCUT2D eigenvalue weighted by atomic mass is 9.98. The number of amides is 2. The Labute approximate surface area is 208 Å². The van der Waals surface area contributed by atoms with Gasteiger partial charge in [0.15, 0.2) is 0 Å². The summed E-state index contributed by atoms with van der Waals surface area (Å²) in [6.07, 6.45) is 0.0473. The van der Waals surface area contributed by atoms with Gasteiger partial charge < -0.3 is 14.5 Å². The van der Waals surface area contributed by atoms with Gasteiger partial charge in [-0.15, -0.1) is 0 Å². The Morgan fingerprint density at radius 1 is 0.861 bits per heavy atom. The maximum Gasteiger partial charge on any atom is 0.294 e. The molecule has 5 rings (SSSR count). The molecule has 2 amide bonds. The molecule has 36 heavy (non-hydrogen) atoms. The molecule has 9 nitrogen and oxygen atoms in total. The predicted molar refractivity (Wildman–Crippen MR) is 137 cm³/mol. The van der Waals surface area contributed by atoms with Crippen LogP contribution in [0.5, 0.6) is 5.75 Å². The zero-order chi connectivity index (χ0) is 25.2. The number of carbonyl (C=O) groups excluding carboxylic acids is 2. The molecule has 2 fully saturated rings.